The normalized spacial score (nSPS) is 10.6. The van der Waals surface area contributed by atoms with Gasteiger partial charge in [-0.25, -0.2) is 0 Å². The number of amides is 1. The van der Waals surface area contributed by atoms with Crippen LogP contribution in [0.2, 0.25) is 0 Å². The second kappa shape index (κ2) is 14.9. The van der Waals surface area contributed by atoms with Crippen molar-refractivity contribution in [1.29, 1.82) is 0 Å². The highest BCUT2D eigenvalue weighted by atomic mass is 32.1. The van der Waals surface area contributed by atoms with E-state index in [1.165, 1.54) is 57.8 Å². The van der Waals surface area contributed by atoms with Gasteiger partial charge in [0, 0.05) is 13.0 Å². The van der Waals surface area contributed by atoms with Crippen LogP contribution in [0.1, 0.15) is 77.6 Å². The minimum atomic E-state index is 0.140. The van der Waals surface area contributed by atoms with Crippen LogP contribution < -0.4 is 5.32 Å². The highest BCUT2D eigenvalue weighted by molar-refractivity contribution is 7.80. The maximum absolute atomic E-state index is 11.1. The largest absolute Gasteiger partial charge is 0.356 e. The zero-order valence-corrected chi connectivity index (χ0v) is 12.9. The van der Waals surface area contributed by atoms with E-state index in [2.05, 4.69) is 24.9 Å². The Balaban J connectivity index is 3.01. The van der Waals surface area contributed by atoms with Crippen molar-refractivity contribution in [3.05, 3.63) is 0 Å². The predicted octanol–water partition coefficient (Wildman–Crippen LogP) is 4.34. The van der Waals surface area contributed by atoms with Crippen LogP contribution in [-0.2, 0) is 4.79 Å². The molecule has 0 fully saturated rings. The zero-order chi connectivity index (χ0) is 13.5. The minimum absolute atomic E-state index is 0.140. The monoisotopic (exact) mass is 273 g/mol. The summed E-state index contributed by atoms with van der Waals surface area (Å²) in [5.41, 5.74) is 0. The lowest BCUT2D eigenvalue weighted by atomic mass is 10.1. The number of carbonyl (C=O) groups excluding carboxylic acids is 1. The number of nitrogens with one attached hydrogen (secondary N) is 1. The Morgan fingerprint density at radius 2 is 1.39 bits per heavy atom. The van der Waals surface area contributed by atoms with Crippen LogP contribution >= 0.6 is 12.6 Å². The lowest BCUT2D eigenvalue weighted by Crippen LogP contribution is -2.24. The third-order valence-electron chi connectivity index (χ3n) is 3.19. The third kappa shape index (κ3) is 13.9. The van der Waals surface area contributed by atoms with E-state index in [9.17, 15) is 4.79 Å². The summed E-state index contributed by atoms with van der Waals surface area (Å²) in [6.07, 6.45) is 13.9. The van der Waals surface area contributed by atoms with Crippen molar-refractivity contribution in [2.24, 2.45) is 0 Å². The molecule has 0 aliphatic carbocycles. The molecule has 3 heteroatoms. The van der Waals surface area contributed by atoms with Gasteiger partial charge in [0.1, 0.15) is 0 Å². The van der Waals surface area contributed by atoms with Crippen molar-refractivity contribution in [2.45, 2.75) is 77.6 Å². The van der Waals surface area contributed by atoms with Gasteiger partial charge in [0.2, 0.25) is 5.91 Å². The Morgan fingerprint density at radius 1 is 0.889 bits per heavy atom. The highest BCUT2D eigenvalue weighted by Gasteiger charge is 1.97. The van der Waals surface area contributed by atoms with Crippen LogP contribution in [-0.4, -0.2) is 18.2 Å². The fourth-order valence-electron chi connectivity index (χ4n) is 2.03. The van der Waals surface area contributed by atoms with E-state index in [4.69, 9.17) is 0 Å². The van der Waals surface area contributed by atoms with E-state index >= 15 is 0 Å². The van der Waals surface area contributed by atoms with Gasteiger partial charge in [-0.05, 0) is 12.2 Å². The van der Waals surface area contributed by atoms with Gasteiger partial charge in [-0.3, -0.25) is 4.79 Å². The van der Waals surface area contributed by atoms with Crippen LogP contribution in [0.25, 0.3) is 0 Å². The van der Waals surface area contributed by atoms with Crippen LogP contribution in [0, 0.1) is 0 Å². The molecule has 18 heavy (non-hydrogen) atoms. The summed E-state index contributed by atoms with van der Waals surface area (Å²) in [7, 11) is 0. The molecule has 0 saturated heterocycles. The summed E-state index contributed by atoms with van der Waals surface area (Å²) in [6.45, 7) is 3.10. The fourth-order valence-corrected chi connectivity index (χ4v) is 2.23. The Morgan fingerprint density at radius 3 is 1.89 bits per heavy atom. The minimum Gasteiger partial charge on any atom is -0.356 e. The topological polar surface area (TPSA) is 29.1 Å². The van der Waals surface area contributed by atoms with Crippen molar-refractivity contribution in [1.82, 2.24) is 5.32 Å². The Labute approximate surface area is 119 Å². The molecule has 0 heterocycles. The van der Waals surface area contributed by atoms with Gasteiger partial charge in [-0.1, -0.05) is 64.7 Å². The SMILES string of the molecule is CCCCCCCCCCCCNC(=O)CCS. The fraction of sp³-hybridized carbons (Fsp3) is 0.933. The molecule has 0 aliphatic rings. The predicted molar refractivity (Wildman–Crippen MR) is 83.3 cm³/mol. The summed E-state index contributed by atoms with van der Waals surface area (Å²) in [5, 5.41) is 2.92. The van der Waals surface area contributed by atoms with Crippen LogP contribution in [0.5, 0.6) is 0 Å². The molecule has 0 rings (SSSR count). The van der Waals surface area contributed by atoms with Crippen LogP contribution in [0.4, 0.5) is 0 Å². The summed E-state index contributed by atoms with van der Waals surface area (Å²) in [4.78, 5) is 11.1. The van der Waals surface area contributed by atoms with Gasteiger partial charge in [0.05, 0.1) is 0 Å². The highest BCUT2D eigenvalue weighted by Crippen LogP contribution is 2.10. The van der Waals surface area contributed by atoms with Crippen molar-refractivity contribution in [3.63, 3.8) is 0 Å². The molecular formula is C15H31NOS. The maximum atomic E-state index is 11.1. The average Bonchev–Trinajstić information content (AvgIpc) is 2.36. The molecule has 0 aromatic rings. The van der Waals surface area contributed by atoms with E-state index < -0.39 is 0 Å². The first-order valence-corrected chi connectivity index (χ1v) is 8.32. The molecule has 0 saturated carbocycles. The summed E-state index contributed by atoms with van der Waals surface area (Å²) in [5.74, 6) is 0.782. The van der Waals surface area contributed by atoms with E-state index in [1.54, 1.807) is 0 Å². The molecule has 2 nitrogen and oxygen atoms in total. The lowest BCUT2D eigenvalue weighted by Gasteiger charge is -2.04. The molecule has 0 atom stereocenters. The van der Waals surface area contributed by atoms with Gasteiger partial charge in [-0.2, -0.15) is 12.6 Å². The third-order valence-corrected chi connectivity index (χ3v) is 3.41. The molecule has 0 unspecified atom stereocenters. The maximum Gasteiger partial charge on any atom is 0.220 e. The number of hydrogen-bond acceptors (Lipinski definition) is 2. The number of rotatable bonds is 13. The Hall–Kier alpha value is -0.180. The van der Waals surface area contributed by atoms with Crippen molar-refractivity contribution < 1.29 is 4.79 Å². The van der Waals surface area contributed by atoms with Gasteiger partial charge in [0.15, 0.2) is 0 Å². The van der Waals surface area contributed by atoms with Gasteiger partial charge >= 0.3 is 0 Å². The van der Waals surface area contributed by atoms with Crippen LogP contribution in [0.3, 0.4) is 0 Å². The van der Waals surface area contributed by atoms with E-state index in [0.29, 0.717) is 12.2 Å². The zero-order valence-electron chi connectivity index (χ0n) is 12.0. The number of thiol groups is 1. The van der Waals surface area contributed by atoms with Gasteiger partial charge < -0.3 is 5.32 Å². The van der Waals surface area contributed by atoms with E-state index in [1.807, 2.05) is 0 Å². The van der Waals surface area contributed by atoms with Crippen LogP contribution in [0.15, 0.2) is 0 Å². The molecule has 1 amide bonds. The van der Waals surface area contributed by atoms with Crippen molar-refractivity contribution in [2.75, 3.05) is 12.3 Å². The van der Waals surface area contributed by atoms with E-state index in [-0.39, 0.29) is 5.91 Å². The standard InChI is InChI=1S/C15H31NOS/c1-2-3-4-5-6-7-8-9-10-11-13-16-15(17)12-14-18/h18H,2-14H2,1H3,(H,16,17). The summed E-state index contributed by atoms with van der Waals surface area (Å²) < 4.78 is 0. The second-order valence-corrected chi connectivity index (χ2v) is 5.45. The lowest BCUT2D eigenvalue weighted by molar-refractivity contribution is -0.120. The average molecular weight is 273 g/mol. The first-order chi connectivity index (χ1) is 8.81. The molecule has 1 N–H and O–H groups in total. The summed E-state index contributed by atoms with van der Waals surface area (Å²) in [6, 6.07) is 0. The Kier molecular flexibility index (Phi) is 14.7. The molecule has 108 valence electrons. The molecule has 0 spiro atoms. The molecule has 0 bridgehead atoms. The van der Waals surface area contributed by atoms with Crippen molar-refractivity contribution in [3.8, 4) is 0 Å². The Bertz CT molecular complexity index is 185. The summed E-state index contributed by atoms with van der Waals surface area (Å²) >= 11 is 4.03. The number of unbranched alkanes of at least 4 members (excludes halogenated alkanes) is 9. The molecule has 0 radical (unpaired) electrons. The molecule has 0 aromatic heterocycles. The number of carbonyl (C=O) groups is 1. The van der Waals surface area contributed by atoms with Gasteiger partial charge in [0.25, 0.3) is 0 Å². The molecule has 0 aliphatic heterocycles. The second-order valence-electron chi connectivity index (χ2n) is 5.01. The molecular weight excluding hydrogens is 242 g/mol. The van der Waals surface area contributed by atoms with E-state index in [0.717, 1.165) is 13.0 Å². The first-order valence-electron chi connectivity index (χ1n) is 7.68. The molecule has 0 aromatic carbocycles. The smallest absolute Gasteiger partial charge is 0.220 e. The number of hydrogen-bond donors (Lipinski definition) is 2. The first kappa shape index (κ1) is 17.8. The van der Waals surface area contributed by atoms with Gasteiger partial charge in [-0.15, -0.1) is 0 Å². The quantitative estimate of drug-likeness (QED) is 0.379. The van der Waals surface area contributed by atoms with Crippen molar-refractivity contribution >= 4 is 18.5 Å².